The first-order valence-corrected chi connectivity index (χ1v) is 17.4. The van der Waals surface area contributed by atoms with Crippen LogP contribution in [0.2, 0.25) is 0 Å². The van der Waals surface area contributed by atoms with Gasteiger partial charge in [-0.05, 0) is 94.0 Å². The van der Waals surface area contributed by atoms with E-state index in [-0.39, 0.29) is 12.6 Å². The highest BCUT2D eigenvalue weighted by molar-refractivity contribution is 6.99. The van der Waals surface area contributed by atoms with E-state index in [4.69, 9.17) is 0 Å². The van der Waals surface area contributed by atoms with Crippen molar-refractivity contribution in [2.75, 3.05) is 0 Å². The maximum absolute atomic E-state index is 2.64. The van der Waals surface area contributed by atoms with Crippen LogP contribution in [0.15, 0.2) is 152 Å². The summed E-state index contributed by atoms with van der Waals surface area (Å²) in [5.74, 6) is 0.131. The van der Waals surface area contributed by atoms with E-state index in [1.807, 2.05) is 0 Å². The second-order valence-electron chi connectivity index (χ2n) is 14.3. The van der Waals surface area contributed by atoms with Gasteiger partial charge in [0.15, 0.2) is 0 Å². The fourth-order valence-electron chi connectivity index (χ4n) is 10.5. The quantitative estimate of drug-likeness (QED) is 0.150. The Balaban J connectivity index is 1.31. The number of rotatable bonds is 0. The van der Waals surface area contributed by atoms with Crippen LogP contribution in [-0.4, -0.2) is 11.3 Å². The fourth-order valence-corrected chi connectivity index (χ4v) is 10.5. The summed E-state index contributed by atoms with van der Waals surface area (Å²) in [6.07, 6.45) is 0. The minimum Gasteiger partial charge on any atom is -0.310 e. The Morgan fingerprint density at radius 1 is 0.429 bits per heavy atom. The molecule has 3 aliphatic rings. The second kappa shape index (κ2) is 8.48. The van der Waals surface area contributed by atoms with Gasteiger partial charge in [-0.25, -0.2) is 0 Å². The van der Waals surface area contributed by atoms with Gasteiger partial charge < -0.3 is 4.57 Å². The number of hydrogen-bond donors (Lipinski definition) is 0. The molecule has 0 N–H and O–H groups in total. The molecule has 0 saturated carbocycles. The third kappa shape index (κ3) is 2.81. The van der Waals surface area contributed by atoms with Gasteiger partial charge in [-0.1, -0.05) is 145 Å². The lowest BCUT2D eigenvalue weighted by Gasteiger charge is -2.39. The van der Waals surface area contributed by atoms with Gasteiger partial charge in [0.25, 0.3) is 0 Å². The van der Waals surface area contributed by atoms with Crippen LogP contribution >= 0.6 is 0 Å². The molecule has 0 radical (unpaired) electrons. The predicted octanol–water partition coefficient (Wildman–Crippen LogP) is 9.70. The average Bonchev–Trinajstić information content (AvgIpc) is 3.37. The van der Waals surface area contributed by atoms with Crippen molar-refractivity contribution in [2.45, 2.75) is 5.92 Å². The van der Waals surface area contributed by atoms with Gasteiger partial charge in [0.1, 0.15) is 0 Å². The summed E-state index contributed by atoms with van der Waals surface area (Å²) < 4.78 is 2.64. The highest BCUT2D eigenvalue weighted by Crippen LogP contribution is 2.50. The Hall–Kier alpha value is -6.12. The summed E-state index contributed by atoms with van der Waals surface area (Å²) in [5, 5.41) is 13.3. The lowest BCUT2D eigenvalue weighted by molar-refractivity contribution is 1.01. The Morgan fingerprint density at radius 2 is 1.00 bits per heavy atom. The van der Waals surface area contributed by atoms with E-state index in [1.54, 1.807) is 0 Å². The zero-order valence-corrected chi connectivity index (χ0v) is 26.5. The van der Waals surface area contributed by atoms with Crippen LogP contribution < -0.4 is 16.4 Å². The molecule has 0 saturated heterocycles. The molecule has 0 spiro atoms. The van der Waals surface area contributed by atoms with Gasteiger partial charge >= 0.3 is 0 Å². The summed E-state index contributed by atoms with van der Waals surface area (Å²) in [4.78, 5) is 0. The topological polar surface area (TPSA) is 4.93 Å². The van der Waals surface area contributed by atoms with Crippen molar-refractivity contribution in [3.63, 3.8) is 0 Å². The van der Waals surface area contributed by atoms with Crippen LogP contribution in [0.3, 0.4) is 0 Å². The Morgan fingerprint density at radius 3 is 1.80 bits per heavy atom. The summed E-state index contributed by atoms with van der Waals surface area (Å²) in [5.41, 5.74) is 15.3. The molecule has 222 valence electrons. The molecule has 13 rings (SSSR count). The molecule has 1 nitrogen and oxygen atoms in total. The van der Waals surface area contributed by atoms with Crippen molar-refractivity contribution in [2.24, 2.45) is 0 Å². The summed E-state index contributed by atoms with van der Waals surface area (Å²) in [6, 6.07) is 58.2. The first-order chi connectivity index (χ1) is 24.3. The maximum atomic E-state index is 2.64. The standard InChI is InChI=1S/C47H26BN/c1-8-26-9-5-18-34-40(26)30(14-1)32-16-3-11-28-22-24-36-45(42(28)32)44(34)35-19-7-21-39-46(35)48(36)37-25-23-29-12-4-17-33-31-15-2-10-27-13-6-20-38(41(27)31)49(39)47(37)43(29)33/h1-25,44H. The molecule has 1 aromatic heterocycles. The minimum atomic E-state index is 0.124. The highest BCUT2D eigenvalue weighted by Gasteiger charge is 2.44. The molecular formula is C47H26BN. The van der Waals surface area contributed by atoms with E-state index in [2.05, 4.69) is 156 Å². The second-order valence-corrected chi connectivity index (χ2v) is 14.3. The van der Waals surface area contributed by atoms with Crippen molar-refractivity contribution in [3.8, 4) is 16.8 Å². The number of nitrogens with zero attached hydrogens (tertiary/aromatic N) is 1. The molecular weight excluding hydrogens is 589 g/mol. The zero-order chi connectivity index (χ0) is 31.5. The summed E-state index contributed by atoms with van der Waals surface area (Å²) >= 11 is 0. The molecule has 0 bridgehead atoms. The number of aromatic nitrogens is 1. The SMILES string of the molecule is c1cc2c3c(c1)-n1c4cccc5cccc(c6cccc7ccc(c1c76)B3c1ccc3cccc6c3c1C2c1cccc2cccc-6c12)c54. The van der Waals surface area contributed by atoms with Crippen molar-refractivity contribution in [1.82, 2.24) is 4.57 Å². The number of hydrogen-bond acceptors (Lipinski definition) is 0. The van der Waals surface area contributed by atoms with Gasteiger partial charge in [0, 0.05) is 27.9 Å². The first kappa shape index (κ1) is 25.0. The molecule has 9 aromatic carbocycles. The van der Waals surface area contributed by atoms with Crippen LogP contribution in [0.25, 0.3) is 81.7 Å². The van der Waals surface area contributed by atoms with Crippen LogP contribution in [0, 0.1) is 0 Å². The van der Waals surface area contributed by atoms with Gasteiger partial charge in [0.2, 0.25) is 6.71 Å². The molecule has 49 heavy (non-hydrogen) atoms. The van der Waals surface area contributed by atoms with Gasteiger partial charge in [-0.2, -0.15) is 0 Å². The third-order valence-corrected chi connectivity index (χ3v) is 12.2. The first-order valence-electron chi connectivity index (χ1n) is 17.4. The minimum absolute atomic E-state index is 0.124. The molecule has 0 amide bonds. The molecule has 2 aliphatic heterocycles. The van der Waals surface area contributed by atoms with Crippen LogP contribution in [0.1, 0.15) is 22.6 Å². The van der Waals surface area contributed by atoms with Crippen molar-refractivity contribution >= 4 is 88.0 Å². The van der Waals surface area contributed by atoms with E-state index in [0.717, 1.165) is 0 Å². The van der Waals surface area contributed by atoms with Crippen molar-refractivity contribution in [3.05, 3.63) is 168 Å². The lowest BCUT2D eigenvalue weighted by atomic mass is 9.31. The van der Waals surface area contributed by atoms with E-state index in [1.165, 1.54) is 115 Å². The molecule has 3 heterocycles. The fraction of sp³-hybridized carbons (Fsp3) is 0.0213. The van der Waals surface area contributed by atoms with Crippen molar-refractivity contribution in [1.29, 1.82) is 0 Å². The summed E-state index contributed by atoms with van der Waals surface area (Å²) in [7, 11) is 0. The Kier molecular flexibility index (Phi) is 4.32. The normalized spacial score (nSPS) is 15.1. The van der Waals surface area contributed by atoms with E-state index in [9.17, 15) is 0 Å². The van der Waals surface area contributed by atoms with E-state index in [0.29, 0.717) is 0 Å². The highest BCUT2D eigenvalue weighted by atomic mass is 15.0. The lowest BCUT2D eigenvalue weighted by Crippen LogP contribution is -2.61. The number of fused-ring (bicyclic) bond motifs is 8. The Bertz CT molecular complexity index is 3170. The average molecular weight is 616 g/mol. The molecule has 1 aliphatic carbocycles. The van der Waals surface area contributed by atoms with Gasteiger partial charge in [-0.15, -0.1) is 0 Å². The van der Waals surface area contributed by atoms with E-state index < -0.39 is 0 Å². The molecule has 1 atom stereocenters. The molecule has 10 aromatic rings. The smallest absolute Gasteiger partial charge is 0.247 e. The zero-order valence-electron chi connectivity index (χ0n) is 26.5. The predicted molar refractivity (Wildman–Crippen MR) is 208 cm³/mol. The van der Waals surface area contributed by atoms with Gasteiger partial charge in [-0.3, -0.25) is 0 Å². The third-order valence-electron chi connectivity index (χ3n) is 12.2. The largest absolute Gasteiger partial charge is 0.310 e. The Labute approximate surface area is 282 Å². The van der Waals surface area contributed by atoms with Crippen LogP contribution in [-0.2, 0) is 0 Å². The summed E-state index contributed by atoms with van der Waals surface area (Å²) in [6.45, 7) is 0.124. The van der Waals surface area contributed by atoms with E-state index >= 15 is 0 Å². The molecule has 0 fully saturated rings. The molecule has 2 heteroatoms. The monoisotopic (exact) mass is 615 g/mol. The van der Waals surface area contributed by atoms with Crippen molar-refractivity contribution < 1.29 is 0 Å². The number of benzene rings is 9. The van der Waals surface area contributed by atoms with Gasteiger partial charge in [0.05, 0.1) is 5.52 Å². The molecule has 1 unspecified atom stereocenters. The van der Waals surface area contributed by atoms with Crippen LogP contribution in [0.4, 0.5) is 0 Å². The van der Waals surface area contributed by atoms with Crippen LogP contribution in [0.5, 0.6) is 0 Å². The maximum Gasteiger partial charge on any atom is 0.247 e.